The number of benzene rings is 3. The predicted molar refractivity (Wildman–Crippen MR) is 197 cm³/mol. The standard InChI is InChI=1S/C44H36N4/c1-28-21-25-38-36(27-28)33-23-24-35-40-32-18-12-11-13-29(32)22-26-39(40)48(43(35)42(33)47(38)31-16-7-3-8-17-31)44-45-37-20-10-4-9-19-34(37)41(46-44)30-14-5-2-6-15-30/h2-18,20-22,25-26,28,39-40H,19,23-24,27H2,1H3. The van der Waals surface area contributed by atoms with Crippen LogP contribution in [0.1, 0.15) is 64.2 Å². The molecule has 0 saturated carbocycles. The molecule has 3 heterocycles. The van der Waals surface area contributed by atoms with E-state index in [4.69, 9.17) is 9.97 Å². The molecular weight excluding hydrogens is 585 g/mol. The zero-order valence-corrected chi connectivity index (χ0v) is 27.1. The summed E-state index contributed by atoms with van der Waals surface area (Å²) in [5.41, 5.74) is 16.7. The average Bonchev–Trinajstić information content (AvgIpc) is 3.53. The first kappa shape index (κ1) is 27.6. The van der Waals surface area contributed by atoms with Crippen LogP contribution in [0.25, 0.3) is 40.9 Å². The Labute approximate surface area is 281 Å². The molecule has 0 spiro atoms. The molecule has 1 aliphatic heterocycles. The van der Waals surface area contributed by atoms with Crippen LogP contribution in [0.3, 0.4) is 0 Å². The van der Waals surface area contributed by atoms with E-state index < -0.39 is 0 Å². The number of rotatable bonds is 3. The van der Waals surface area contributed by atoms with E-state index in [9.17, 15) is 0 Å². The quantitative estimate of drug-likeness (QED) is 0.201. The second-order valence-corrected chi connectivity index (χ2v) is 13.7. The SMILES string of the molecule is CC1C=Cc2c(c3c(n2-c2ccccc2)C2=C(CC3)C3c4ccccc4C=CC3N2c2nc3c(c(-c4ccccc4)n2)CC=CC=C3)C1. The van der Waals surface area contributed by atoms with Crippen molar-refractivity contribution in [2.24, 2.45) is 5.92 Å². The first-order valence-electron chi connectivity index (χ1n) is 17.3. The van der Waals surface area contributed by atoms with E-state index in [1.807, 2.05) is 0 Å². The van der Waals surface area contributed by atoms with E-state index in [0.29, 0.717) is 5.92 Å². The number of fused-ring (bicyclic) bond motifs is 9. The van der Waals surface area contributed by atoms with Gasteiger partial charge in [0, 0.05) is 28.4 Å². The zero-order chi connectivity index (χ0) is 31.8. The van der Waals surface area contributed by atoms with Crippen LogP contribution in [0.15, 0.2) is 121 Å². The maximum Gasteiger partial charge on any atom is 0.231 e. The van der Waals surface area contributed by atoms with Gasteiger partial charge in [-0.05, 0) is 83.7 Å². The second kappa shape index (κ2) is 10.8. The van der Waals surface area contributed by atoms with E-state index in [1.54, 1.807) is 0 Å². The molecule has 5 aliphatic rings. The van der Waals surface area contributed by atoms with Gasteiger partial charge in [-0.1, -0.05) is 116 Å². The van der Waals surface area contributed by atoms with Crippen LogP contribution in [0.2, 0.25) is 0 Å². The lowest BCUT2D eigenvalue weighted by molar-refractivity contribution is 0.674. The van der Waals surface area contributed by atoms with Crippen LogP contribution in [-0.4, -0.2) is 20.6 Å². The Hall–Kier alpha value is -5.48. The van der Waals surface area contributed by atoms with Crippen LogP contribution < -0.4 is 4.90 Å². The highest BCUT2D eigenvalue weighted by Crippen LogP contribution is 2.55. The monoisotopic (exact) mass is 620 g/mol. The average molecular weight is 621 g/mol. The van der Waals surface area contributed by atoms with Crippen LogP contribution >= 0.6 is 0 Å². The van der Waals surface area contributed by atoms with Gasteiger partial charge in [-0.2, -0.15) is 0 Å². The molecule has 0 saturated heterocycles. The summed E-state index contributed by atoms with van der Waals surface area (Å²) >= 11 is 0. The normalized spacial score (nSPS) is 21.3. The number of hydrogen-bond donors (Lipinski definition) is 0. The third kappa shape index (κ3) is 4.08. The fraction of sp³-hybridized carbons (Fsp3) is 0.182. The minimum absolute atomic E-state index is 0.0797. The molecule has 10 rings (SSSR count). The van der Waals surface area contributed by atoms with E-state index in [2.05, 4.69) is 150 Å². The molecule has 3 unspecified atom stereocenters. The summed E-state index contributed by atoms with van der Waals surface area (Å²) in [4.78, 5) is 13.5. The molecule has 2 aromatic heterocycles. The summed E-state index contributed by atoms with van der Waals surface area (Å²) < 4.78 is 2.55. The van der Waals surface area contributed by atoms with Crippen molar-refractivity contribution in [1.82, 2.24) is 14.5 Å². The van der Waals surface area contributed by atoms with Crippen LogP contribution in [0.5, 0.6) is 0 Å². The minimum Gasteiger partial charge on any atom is -0.308 e. The molecule has 4 nitrogen and oxygen atoms in total. The number of aromatic nitrogens is 3. The first-order chi connectivity index (χ1) is 23.7. The van der Waals surface area contributed by atoms with Crippen LogP contribution in [0, 0.1) is 5.92 Å². The fourth-order valence-corrected chi connectivity index (χ4v) is 8.84. The Bertz CT molecular complexity index is 2260. The molecule has 0 fully saturated rings. The molecule has 0 bridgehead atoms. The van der Waals surface area contributed by atoms with Crippen molar-refractivity contribution in [3.8, 4) is 16.9 Å². The summed E-state index contributed by atoms with van der Waals surface area (Å²) in [5.74, 6) is 1.53. The maximum absolute atomic E-state index is 5.54. The van der Waals surface area contributed by atoms with Gasteiger partial charge in [0.1, 0.15) is 0 Å². The Kier molecular flexibility index (Phi) is 6.20. The Balaban J connectivity index is 1.28. The van der Waals surface area contributed by atoms with E-state index in [1.165, 1.54) is 56.2 Å². The van der Waals surface area contributed by atoms with Gasteiger partial charge in [0.15, 0.2) is 0 Å². The minimum atomic E-state index is 0.0797. The molecule has 4 aliphatic carbocycles. The molecule has 0 radical (unpaired) electrons. The van der Waals surface area contributed by atoms with Crippen LogP contribution in [-0.2, 0) is 19.3 Å². The van der Waals surface area contributed by atoms with Gasteiger partial charge in [0.2, 0.25) is 5.95 Å². The summed E-state index contributed by atoms with van der Waals surface area (Å²) in [6, 6.07) is 30.7. The number of hydrogen-bond acceptors (Lipinski definition) is 3. The fourth-order valence-electron chi connectivity index (χ4n) is 8.84. The summed E-state index contributed by atoms with van der Waals surface area (Å²) in [5, 5.41) is 0. The Morgan fingerprint density at radius 2 is 1.54 bits per heavy atom. The van der Waals surface area contributed by atoms with E-state index in [0.717, 1.165) is 48.6 Å². The van der Waals surface area contributed by atoms with Gasteiger partial charge in [0.05, 0.1) is 28.8 Å². The molecule has 5 aromatic rings. The summed E-state index contributed by atoms with van der Waals surface area (Å²) in [6.07, 6.45) is 22.1. The van der Waals surface area contributed by atoms with Crippen LogP contribution in [0.4, 0.5) is 5.95 Å². The van der Waals surface area contributed by atoms with Gasteiger partial charge in [-0.3, -0.25) is 0 Å². The smallest absolute Gasteiger partial charge is 0.231 e. The van der Waals surface area contributed by atoms with Gasteiger partial charge in [-0.25, -0.2) is 9.97 Å². The third-order valence-corrected chi connectivity index (χ3v) is 10.9. The van der Waals surface area contributed by atoms with Gasteiger partial charge >= 0.3 is 0 Å². The maximum atomic E-state index is 5.54. The lowest BCUT2D eigenvalue weighted by atomic mass is 9.77. The summed E-state index contributed by atoms with van der Waals surface area (Å²) in [7, 11) is 0. The molecule has 48 heavy (non-hydrogen) atoms. The topological polar surface area (TPSA) is 34.0 Å². The van der Waals surface area contributed by atoms with Crippen molar-refractivity contribution in [3.63, 3.8) is 0 Å². The number of allylic oxidation sites excluding steroid dienone is 4. The first-order valence-corrected chi connectivity index (χ1v) is 17.3. The third-order valence-electron chi connectivity index (χ3n) is 10.9. The molecule has 0 N–H and O–H groups in total. The van der Waals surface area contributed by atoms with Crippen molar-refractivity contribution >= 4 is 29.9 Å². The molecule has 3 atom stereocenters. The highest BCUT2D eigenvalue weighted by Gasteiger charge is 2.48. The molecule has 232 valence electrons. The molecular formula is C44H36N4. The zero-order valence-electron chi connectivity index (χ0n) is 27.1. The number of anilines is 1. The largest absolute Gasteiger partial charge is 0.308 e. The summed E-state index contributed by atoms with van der Waals surface area (Å²) in [6.45, 7) is 2.34. The molecule has 0 amide bonds. The Morgan fingerprint density at radius 3 is 2.42 bits per heavy atom. The van der Waals surface area contributed by atoms with E-state index in [-0.39, 0.29) is 12.0 Å². The number of para-hydroxylation sites is 1. The van der Waals surface area contributed by atoms with Gasteiger partial charge in [-0.15, -0.1) is 0 Å². The van der Waals surface area contributed by atoms with Crippen molar-refractivity contribution in [2.75, 3.05) is 4.90 Å². The van der Waals surface area contributed by atoms with Crippen molar-refractivity contribution < 1.29 is 0 Å². The Morgan fingerprint density at radius 1 is 0.729 bits per heavy atom. The van der Waals surface area contributed by atoms with E-state index >= 15 is 0 Å². The second-order valence-electron chi connectivity index (χ2n) is 13.7. The van der Waals surface area contributed by atoms with Gasteiger partial charge < -0.3 is 9.47 Å². The predicted octanol–water partition coefficient (Wildman–Crippen LogP) is 9.62. The van der Waals surface area contributed by atoms with Crippen molar-refractivity contribution in [2.45, 2.75) is 44.6 Å². The van der Waals surface area contributed by atoms with Gasteiger partial charge in [0.25, 0.3) is 0 Å². The number of nitrogens with zero attached hydrogens (tertiary/aromatic N) is 4. The lowest BCUT2D eigenvalue weighted by Crippen LogP contribution is -2.35. The lowest BCUT2D eigenvalue weighted by Gasteiger charge is -2.32. The molecule has 4 heteroatoms. The van der Waals surface area contributed by atoms with Crippen molar-refractivity contribution in [1.29, 1.82) is 0 Å². The highest BCUT2D eigenvalue weighted by atomic mass is 15.3. The van der Waals surface area contributed by atoms with Crippen molar-refractivity contribution in [3.05, 3.63) is 166 Å². The molecule has 3 aromatic carbocycles. The highest BCUT2D eigenvalue weighted by molar-refractivity contribution is 5.91.